The van der Waals surface area contributed by atoms with Crippen LogP contribution in [0.4, 0.5) is 18.9 Å². The molecule has 1 aromatic rings. The lowest BCUT2D eigenvalue weighted by Crippen LogP contribution is -2.51. The Morgan fingerprint density at radius 2 is 1.92 bits per heavy atom. The summed E-state index contributed by atoms with van der Waals surface area (Å²) in [6.45, 7) is 2.56. The zero-order valence-corrected chi connectivity index (χ0v) is 13.5. The van der Waals surface area contributed by atoms with E-state index in [0.29, 0.717) is 18.8 Å². The Labute approximate surface area is 139 Å². The van der Waals surface area contributed by atoms with Crippen molar-refractivity contribution in [3.8, 4) is 0 Å². The highest BCUT2D eigenvalue weighted by atomic mass is 19.4. The molecule has 1 aromatic carbocycles. The molecule has 2 saturated heterocycles. The van der Waals surface area contributed by atoms with E-state index in [-0.39, 0.29) is 17.8 Å². The van der Waals surface area contributed by atoms with E-state index in [4.69, 9.17) is 4.74 Å². The number of alkyl halides is 3. The predicted molar refractivity (Wildman–Crippen MR) is 84.0 cm³/mol. The highest BCUT2D eigenvalue weighted by molar-refractivity contribution is 5.77. The van der Waals surface area contributed by atoms with Gasteiger partial charge < -0.3 is 15.0 Å². The first-order chi connectivity index (χ1) is 11.4. The zero-order chi connectivity index (χ0) is 17.3. The van der Waals surface area contributed by atoms with Crippen LogP contribution in [0.15, 0.2) is 18.2 Å². The average molecular weight is 342 g/mol. The van der Waals surface area contributed by atoms with Crippen molar-refractivity contribution in [1.29, 1.82) is 0 Å². The van der Waals surface area contributed by atoms with E-state index in [1.165, 1.54) is 19.2 Å². The van der Waals surface area contributed by atoms with Crippen LogP contribution < -0.4 is 10.2 Å². The van der Waals surface area contributed by atoms with E-state index in [2.05, 4.69) is 5.32 Å². The fourth-order valence-electron chi connectivity index (χ4n) is 3.46. The molecule has 0 aliphatic carbocycles. The minimum absolute atomic E-state index is 0.251. The molecule has 0 saturated carbocycles. The molecule has 24 heavy (non-hydrogen) atoms. The van der Waals surface area contributed by atoms with E-state index in [0.717, 1.165) is 31.5 Å². The van der Waals surface area contributed by atoms with Crippen LogP contribution in [0.3, 0.4) is 0 Å². The number of hydrogen-bond donors (Lipinski definition) is 1. The largest absolute Gasteiger partial charge is 0.469 e. The van der Waals surface area contributed by atoms with Crippen molar-refractivity contribution in [3.63, 3.8) is 0 Å². The molecule has 0 spiro atoms. The zero-order valence-electron chi connectivity index (χ0n) is 13.5. The molecule has 0 aromatic heterocycles. The van der Waals surface area contributed by atoms with Gasteiger partial charge in [-0.15, -0.1) is 0 Å². The average Bonchev–Trinajstić information content (AvgIpc) is 2.53. The fraction of sp³-hybridized carbons (Fsp3) is 0.588. The van der Waals surface area contributed by atoms with Gasteiger partial charge in [-0.3, -0.25) is 4.79 Å². The molecule has 3 rings (SSSR count). The van der Waals surface area contributed by atoms with Gasteiger partial charge >= 0.3 is 12.1 Å². The SMILES string of the molecule is COC(=O)C1CN(c2cc(C(F)(F)F)ccc2C2CCNCC2)C1. The number of nitrogens with one attached hydrogen (secondary N) is 1. The summed E-state index contributed by atoms with van der Waals surface area (Å²) in [5, 5.41) is 3.27. The van der Waals surface area contributed by atoms with E-state index >= 15 is 0 Å². The molecule has 2 aliphatic heterocycles. The van der Waals surface area contributed by atoms with Crippen molar-refractivity contribution in [1.82, 2.24) is 5.32 Å². The Bertz CT molecular complexity index is 606. The number of piperidine rings is 1. The first kappa shape index (κ1) is 17.1. The van der Waals surface area contributed by atoms with Crippen molar-refractivity contribution in [2.45, 2.75) is 24.9 Å². The first-order valence-corrected chi connectivity index (χ1v) is 8.14. The van der Waals surface area contributed by atoms with E-state index < -0.39 is 11.7 Å². The monoisotopic (exact) mass is 342 g/mol. The highest BCUT2D eigenvalue weighted by Gasteiger charge is 2.37. The molecule has 2 heterocycles. The van der Waals surface area contributed by atoms with Crippen LogP contribution in [0.5, 0.6) is 0 Å². The summed E-state index contributed by atoms with van der Waals surface area (Å²) in [5.41, 5.74) is 0.918. The van der Waals surface area contributed by atoms with Crippen molar-refractivity contribution in [3.05, 3.63) is 29.3 Å². The standard InChI is InChI=1S/C17H21F3N2O2/c1-24-16(23)12-9-22(10-12)15-8-13(17(18,19)20)2-3-14(15)11-4-6-21-7-5-11/h2-3,8,11-12,21H,4-7,9-10H2,1H3. The molecule has 2 fully saturated rings. The smallest absolute Gasteiger partial charge is 0.416 e. The van der Waals surface area contributed by atoms with Crippen LogP contribution >= 0.6 is 0 Å². The van der Waals surface area contributed by atoms with E-state index in [9.17, 15) is 18.0 Å². The number of benzene rings is 1. The summed E-state index contributed by atoms with van der Waals surface area (Å²) < 4.78 is 44.0. The molecule has 2 aliphatic rings. The Hall–Kier alpha value is -1.76. The van der Waals surface area contributed by atoms with Crippen molar-refractivity contribution in [2.24, 2.45) is 5.92 Å². The normalized spacial score (nSPS) is 19.9. The second-order valence-corrected chi connectivity index (χ2v) is 6.42. The number of carbonyl (C=O) groups is 1. The maximum Gasteiger partial charge on any atom is 0.416 e. The van der Waals surface area contributed by atoms with Crippen LogP contribution in [-0.2, 0) is 15.7 Å². The molecular formula is C17H21F3N2O2. The van der Waals surface area contributed by atoms with Crippen LogP contribution in [0.1, 0.15) is 29.9 Å². The number of anilines is 1. The third kappa shape index (κ3) is 3.36. The topological polar surface area (TPSA) is 41.6 Å². The van der Waals surface area contributed by atoms with Gasteiger partial charge in [-0.2, -0.15) is 13.2 Å². The predicted octanol–water partition coefficient (Wildman–Crippen LogP) is 2.78. The van der Waals surface area contributed by atoms with Crippen LogP contribution in [0.25, 0.3) is 0 Å². The Kier molecular flexibility index (Phi) is 4.71. The van der Waals surface area contributed by atoms with Gasteiger partial charge in [-0.1, -0.05) is 6.07 Å². The third-order valence-corrected chi connectivity index (χ3v) is 4.89. The van der Waals surface area contributed by atoms with Crippen molar-refractivity contribution < 1.29 is 22.7 Å². The molecule has 0 atom stereocenters. The summed E-state index contributed by atoms with van der Waals surface area (Å²) >= 11 is 0. The molecule has 132 valence electrons. The Morgan fingerprint density at radius 3 is 2.50 bits per heavy atom. The second kappa shape index (κ2) is 6.63. The van der Waals surface area contributed by atoms with Gasteiger partial charge in [-0.05, 0) is 49.5 Å². The third-order valence-electron chi connectivity index (χ3n) is 4.89. The Balaban J connectivity index is 1.87. The molecule has 1 N–H and O–H groups in total. The number of rotatable bonds is 3. The molecule has 0 amide bonds. The highest BCUT2D eigenvalue weighted by Crippen LogP contribution is 2.40. The van der Waals surface area contributed by atoms with Crippen molar-refractivity contribution >= 4 is 11.7 Å². The van der Waals surface area contributed by atoms with Gasteiger partial charge in [0.2, 0.25) is 0 Å². The van der Waals surface area contributed by atoms with Crippen molar-refractivity contribution in [2.75, 3.05) is 38.2 Å². The van der Waals surface area contributed by atoms with E-state index in [1.54, 1.807) is 6.07 Å². The number of methoxy groups -OCH3 is 1. The number of carbonyl (C=O) groups excluding carboxylic acids is 1. The van der Waals surface area contributed by atoms with Gasteiger partial charge in [0.05, 0.1) is 18.6 Å². The lowest BCUT2D eigenvalue weighted by molar-refractivity contribution is -0.146. The number of ether oxygens (including phenoxy) is 1. The summed E-state index contributed by atoms with van der Waals surface area (Å²) in [6.07, 6.45) is -2.55. The summed E-state index contributed by atoms with van der Waals surface area (Å²) in [6, 6.07) is 4.00. The van der Waals surface area contributed by atoms with Gasteiger partial charge in [0, 0.05) is 18.8 Å². The first-order valence-electron chi connectivity index (χ1n) is 8.14. The van der Waals surface area contributed by atoms with E-state index in [1.807, 2.05) is 4.90 Å². The van der Waals surface area contributed by atoms with Crippen LogP contribution in [0.2, 0.25) is 0 Å². The summed E-state index contributed by atoms with van der Waals surface area (Å²) in [4.78, 5) is 13.4. The number of hydrogen-bond acceptors (Lipinski definition) is 4. The number of nitrogens with zero attached hydrogens (tertiary/aromatic N) is 1. The number of esters is 1. The molecule has 4 nitrogen and oxygen atoms in total. The molecule has 7 heteroatoms. The minimum atomic E-state index is -4.37. The lowest BCUT2D eigenvalue weighted by atomic mass is 9.86. The molecule has 0 radical (unpaired) electrons. The molecular weight excluding hydrogens is 321 g/mol. The van der Waals surface area contributed by atoms with Crippen LogP contribution in [0, 0.1) is 5.92 Å². The van der Waals surface area contributed by atoms with Gasteiger partial charge in [0.1, 0.15) is 0 Å². The summed E-state index contributed by atoms with van der Waals surface area (Å²) in [7, 11) is 1.33. The van der Waals surface area contributed by atoms with Gasteiger partial charge in [0.25, 0.3) is 0 Å². The quantitative estimate of drug-likeness (QED) is 0.858. The second-order valence-electron chi connectivity index (χ2n) is 6.42. The summed E-state index contributed by atoms with van der Waals surface area (Å²) in [5.74, 6) is -0.312. The molecule has 0 bridgehead atoms. The fourth-order valence-corrected chi connectivity index (χ4v) is 3.46. The minimum Gasteiger partial charge on any atom is -0.469 e. The number of halogens is 3. The maximum atomic E-state index is 13.1. The Morgan fingerprint density at radius 1 is 1.25 bits per heavy atom. The van der Waals surface area contributed by atoms with Gasteiger partial charge in [-0.25, -0.2) is 0 Å². The van der Waals surface area contributed by atoms with Crippen LogP contribution in [-0.4, -0.2) is 39.3 Å². The lowest BCUT2D eigenvalue weighted by Gasteiger charge is -2.41. The maximum absolute atomic E-state index is 13.1. The molecule has 0 unspecified atom stereocenters. The van der Waals surface area contributed by atoms with Gasteiger partial charge in [0.15, 0.2) is 0 Å².